The van der Waals surface area contributed by atoms with Crippen molar-refractivity contribution in [3.63, 3.8) is 0 Å². The number of carbonyl (C=O) groups is 4. The van der Waals surface area contributed by atoms with Gasteiger partial charge in [0.15, 0.2) is 5.92 Å². The van der Waals surface area contributed by atoms with E-state index in [-0.39, 0.29) is 25.7 Å². The average molecular weight is 799 g/mol. The summed E-state index contributed by atoms with van der Waals surface area (Å²) in [6, 6.07) is 0. The first-order chi connectivity index (χ1) is 25.0. The maximum atomic E-state index is 14.6. The highest BCUT2D eigenvalue weighted by Crippen LogP contribution is 2.46. The molecule has 322 valence electrons. The van der Waals surface area contributed by atoms with Crippen LogP contribution in [0.25, 0.3) is 0 Å². The predicted molar refractivity (Wildman–Crippen MR) is 201 cm³/mol. The average Bonchev–Trinajstić information content (AvgIpc) is 3.45. The lowest BCUT2D eigenvalue weighted by Crippen LogP contribution is -2.52. The molecule has 4 aliphatic heterocycles. The maximum absolute atomic E-state index is 14.6. The van der Waals surface area contributed by atoms with Gasteiger partial charge in [0.1, 0.15) is 24.4 Å². The van der Waals surface area contributed by atoms with Crippen LogP contribution in [0.1, 0.15) is 149 Å². The largest absolute Gasteiger partial charge is 0.460 e. The van der Waals surface area contributed by atoms with Gasteiger partial charge in [-0.3, -0.25) is 19.2 Å². The summed E-state index contributed by atoms with van der Waals surface area (Å²) in [7, 11) is 0. The third-order valence-electron chi connectivity index (χ3n) is 13.3. The number of carbonyl (C=O) groups excluding carboxylic acids is 4. The van der Waals surface area contributed by atoms with E-state index >= 15 is 0 Å². The molecule has 4 heterocycles. The standard InChI is InChI=1S/C40H70N4O12/c1-33(2)19-24(37(9,10)41(33)49)53-28(45)18-17-23(30(46)54-25-20-34(3,4)42(50)38(25,11)12)29(31(47)55-26-21-35(5,6)43(51)39(26,13)14)32(48)56-27-22-36(7,8)44(52)40(27,15)16/h23-27,29,49-52H,17-22H2,1-16H3. The highest BCUT2D eigenvalue weighted by molar-refractivity contribution is 5.99. The number of rotatable bonds is 11. The van der Waals surface area contributed by atoms with Crippen LogP contribution in [0.2, 0.25) is 0 Å². The van der Waals surface area contributed by atoms with Crippen molar-refractivity contribution >= 4 is 23.9 Å². The minimum Gasteiger partial charge on any atom is -0.460 e. The number of hydroxylamine groups is 8. The molecule has 4 saturated heterocycles. The maximum Gasteiger partial charge on any atom is 0.321 e. The van der Waals surface area contributed by atoms with Gasteiger partial charge < -0.3 is 39.8 Å². The van der Waals surface area contributed by atoms with Crippen LogP contribution in [-0.4, -0.2) is 134 Å². The van der Waals surface area contributed by atoms with E-state index in [4.69, 9.17) is 18.9 Å². The van der Waals surface area contributed by atoms with E-state index in [1.54, 1.807) is 96.9 Å². The summed E-state index contributed by atoms with van der Waals surface area (Å²) < 4.78 is 24.1. The molecule has 0 spiro atoms. The topological polar surface area (TPSA) is 199 Å². The molecule has 4 aliphatic rings. The molecule has 56 heavy (non-hydrogen) atoms. The number of hydrogen-bond acceptors (Lipinski definition) is 16. The fourth-order valence-corrected chi connectivity index (χ4v) is 9.56. The van der Waals surface area contributed by atoms with Gasteiger partial charge in [0.05, 0.1) is 28.1 Å². The number of ether oxygens (including phenoxy) is 4. The molecule has 0 aliphatic carbocycles. The van der Waals surface area contributed by atoms with Gasteiger partial charge in [0.25, 0.3) is 0 Å². The Kier molecular flexibility index (Phi) is 12.1. The van der Waals surface area contributed by atoms with Gasteiger partial charge in [-0.05, 0) is 117 Å². The third kappa shape index (κ3) is 8.23. The smallest absolute Gasteiger partial charge is 0.321 e. The zero-order valence-corrected chi connectivity index (χ0v) is 36.6. The molecule has 16 nitrogen and oxygen atoms in total. The van der Waals surface area contributed by atoms with Crippen molar-refractivity contribution in [3.05, 3.63) is 0 Å². The van der Waals surface area contributed by atoms with Crippen LogP contribution in [0, 0.1) is 11.8 Å². The van der Waals surface area contributed by atoms with Crippen LogP contribution < -0.4 is 0 Å². The first-order valence-corrected chi connectivity index (χ1v) is 19.8. The molecule has 4 fully saturated rings. The van der Waals surface area contributed by atoms with Crippen LogP contribution in [0.4, 0.5) is 0 Å². The lowest BCUT2D eigenvalue weighted by molar-refractivity contribution is -0.212. The Labute approximate surface area is 332 Å². The van der Waals surface area contributed by atoms with Crippen molar-refractivity contribution in [2.75, 3.05) is 0 Å². The molecule has 4 rings (SSSR count). The summed E-state index contributed by atoms with van der Waals surface area (Å²) in [5.41, 5.74) is -7.27. The van der Waals surface area contributed by atoms with Gasteiger partial charge in [0.2, 0.25) is 0 Å². The molecular formula is C40H70N4O12. The molecule has 0 amide bonds. The molecule has 0 radical (unpaired) electrons. The Hall–Kier alpha value is -2.44. The molecule has 0 aromatic rings. The summed E-state index contributed by atoms with van der Waals surface area (Å²) >= 11 is 0. The van der Waals surface area contributed by atoms with Gasteiger partial charge >= 0.3 is 23.9 Å². The fraction of sp³-hybridized carbons (Fsp3) is 0.900. The van der Waals surface area contributed by atoms with Crippen LogP contribution in [0.3, 0.4) is 0 Å². The number of hydrogen-bond donors (Lipinski definition) is 4. The molecule has 16 heteroatoms. The van der Waals surface area contributed by atoms with Crippen molar-refractivity contribution < 1.29 is 59.0 Å². The van der Waals surface area contributed by atoms with Gasteiger partial charge in [-0.15, -0.1) is 0 Å². The minimum atomic E-state index is -1.94. The fourth-order valence-electron chi connectivity index (χ4n) is 9.56. The molecule has 5 atom stereocenters. The van der Waals surface area contributed by atoms with E-state index in [1.165, 1.54) is 0 Å². The van der Waals surface area contributed by atoms with Gasteiger partial charge in [-0.1, -0.05) is 0 Å². The summed E-state index contributed by atoms with van der Waals surface area (Å²) in [6.07, 6.45) is -3.31. The number of nitrogens with zero attached hydrogens (tertiary/aromatic N) is 4. The summed E-state index contributed by atoms with van der Waals surface area (Å²) in [6.45, 7) is 28.0. The van der Waals surface area contributed by atoms with Crippen molar-refractivity contribution in [1.29, 1.82) is 0 Å². The van der Waals surface area contributed by atoms with Crippen molar-refractivity contribution in [1.82, 2.24) is 20.3 Å². The van der Waals surface area contributed by atoms with Gasteiger partial charge in [-0.2, -0.15) is 20.3 Å². The second-order valence-electron chi connectivity index (χ2n) is 21.3. The molecule has 0 aromatic heterocycles. The Balaban J connectivity index is 1.74. The Morgan fingerprint density at radius 3 is 0.964 bits per heavy atom. The SMILES string of the molecule is CC1(C)CC(OC(=O)CCC(C(=O)OC2CC(C)(C)N(O)C2(C)C)C(C(=O)OC2CC(C)(C)N(O)C2(C)C)C(=O)OC2CC(C)(C)N(O)C2(C)C)C(C)(C)N1O. The number of esters is 4. The highest BCUT2D eigenvalue weighted by Gasteiger charge is 2.59. The molecule has 0 aromatic carbocycles. The van der Waals surface area contributed by atoms with Crippen molar-refractivity contribution in [3.8, 4) is 0 Å². The summed E-state index contributed by atoms with van der Waals surface area (Å²) in [5.74, 6) is -7.47. The van der Waals surface area contributed by atoms with Crippen LogP contribution in [0.15, 0.2) is 0 Å². The monoisotopic (exact) mass is 798 g/mol. The zero-order chi connectivity index (χ0) is 43.2. The van der Waals surface area contributed by atoms with Gasteiger partial charge in [-0.25, -0.2) is 0 Å². The van der Waals surface area contributed by atoms with E-state index < -0.39 is 111 Å². The van der Waals surface area contributed by atoms with E-state index in [0.717, 1.165) is 20.3 Å². The first-order valence-electron chi connectivity index (χ1n) is 19.8. The van der Waals surface area contributed by atoms with Gasteiger partial charge in [0, 0.05) is 54.3 Å². The molecular weight excluding hydrogens is 728 g/mol. The Bertz CT molecular complexity index is 1480. The normalized spacial score (nSPS) is 32.4. The van der Waals surface area contributed by atoms with Crippen molar-refractivity contribution in [2.24, 2.45) is 11.8 Å². The zero-order valence-electron chi connectivity index (χ0n) is 36.6. The molecule has 0 saturated carbocycles. The molecule has 4 N–H and O–H groups in total. The Morgan fingerprint density at radius 1 is 0.464 bits per heavy atom. The van der Waals surface area contributed by atoms with E-state index in [0.29, 0.717) is 6.42 Å². The second-order valence-corrected chi connectivity index (χ2v) is 21.3. The quantitative estimate of drug-likeness (QED) is 0.120. The first kappa shape index (κ1) is 46.3. The van der Waals surface area contributed by atoms with Crippen molar-refractivity contribution in [2.45, 2.75) is 218 Å². The molecule has 5 unspecified atom stereocenters. The third-order valence-corrected chi connectivity index (χ3v) is 13.3. The minimum absolute atomic E-state index is 0.196. The summed E-state index contributed by atoms with van der Waals surface area (Å²) in [5, 5.41) is 48.3. The lowest BCUT2D eigenvalue weighted by atomic mass is 9.86. The Morgan fingerprint density at radius 2 is 0.714 bits per heavy atom. The second kappa shape index (κ2) is 14.7. The highest BCUT2D eigenvalue weighted by atomic mass is 16.6. The van der Waals surface area contributed by atoms with E-state index in [2.05, 4.69) is 0 Å². The molecule has 0 bridgehead atoms. The van der Waals surface area contributed by atoms with E-state index in [1.807, 2.05) is 13.8 Å². The lowest BCUT2D eigenvalue weighted by Gasteiger charge is -2.37. The van der Waals surface area contributed by atoms with Crippen LogP contribution in [0.5, 0.6) is 0 Å². The van der Waals surface area contributed by atoms with Crippen LogP contribution in [-0.2, 0) is 38.1 Å². The van der Waals surface area contributed by atoms with E-state index in [9.17, 15) is 40.0 Å². The van der Waals surface area contributed by atoms with Crippen LogP contribution >= 0.6 is 0 Å². The summed E-state index contributed by atoms with van der Waals surface area (Å²) in [4.78, 5) is 57.3. The predicted octanol–water partition coefficient (Wildman–Crippen LogP) is 5.25.